The molecule has 11 heavy (non-hydrogen) atoms. The van der Waals surface area contributed by atoms with Crippen molar-refractivity contribution < 1.29 is 4.79 Å². The molecule has 0 aromatic heterocycles. The van der Waals surface area contributed by atoms with Gasteiger partial charge in [-0.15, -0.1) is 0 Å². The monoisotopic (exact) mass is 282 g/mol. The highest BCUT2D eigenvalue weighted by molar-refractivity contribution is 9.10. The van der Waals surface area contributed by atoms with Crippen LogP contribution in [-0.4, -0.2) is 15.4 Å². The Morgan fingerprint density at radius 2 is 1.64 bits per heavy atom. The van der Waals surface area contributed by atoms with Gasteiger partial charge < -0.3 is 0 Å². The lowest BCUT2D eigenvalue weighted by atomic mass is 9.77. The molecule has 0 spiro atoms. The van der Waals surface area contributed by atoms with Crippen LogP contribution >= 0.6 is 31.9 Å². The first kappa shape index (κ1) is 9.72. The van der Waals surface area contributed by atoms with Crippen LogP contribution in [0, 0.1) is 5.41 Å². The standard InChI is InChI=1S/C8H12Br2O/c1-8(2)3-5(9)7(11)6(10)4-8/h5-6H,3-4H2,1-2H3/t5-,6+. The average Bonchev–Trinajstić information content (AvgIpc) is 1.81. The summed E-state index contributed by atoms with van der Waals surface area (Å²) in [5.74, 6) is 0.296. The second-order valence-corrected chi connectivity index (χ2v) is 6.12. The molecule has 0 unspecified atom stereocenters. The van der Waals surface area contributed by atoms with Crippen LogP contribution in [0.5, 0.6) is 0 Å². The molecular formula is C8H12Br2O. The molecule has 1 aliphatic carbocycles. The number of carbonyl (C=O) groups excluding carboxylic acids is 1. The van der Waals surface area contributed by atoms with E-state index in [1.165, 1.54) is 0 Å². The molecule has 0 amide bonds. The highest BCUT2D eigenvalue weighted by Crippen LogP contribution is 2.39. The van der Waals surface area contributed by atoms with Gasteiger partial charge in [-0.2, -0.15) is 0 Å². The summed E-state index contributed by atoms with van der Waals surface area (Å²) < 4.78 is 0. The van der Waals surface area contributed by atoms with Crippen LogP contribution in [0.15, 0.2) is 0 Å². The van der Waals surface area contributed by atoms with Crippen LogP contribution in [0.3, 0.4) is 0 Å². The summed E-state index contributed by atoms with van der Waals surface area (Å²) in [6.07, 6.45) is 1.90. The lowest BCUT2D eigenvalue weighted by Crippen LogP contribution is -2.38. The molecule has 64 valence electrons. The summed E-state index contributed by atoms with van der Waals surface area (Å²) in [6.45, 7) is 4.39. The Morgan fingerprint density at radius 1 is 1.27 bits per heavy atom. The van der Waals surface area contributed by atoms with Crippen molar-refractivity contribution in [2.45, 2.75) is 36.3 Å². The van der Waals surface area contributed by atoms with E-state index in [0.717, 1.165) is 12.8 Å². The van der Waals surface area contributed by atoms with Crippen molar-refractivity contribution in [1.29, 1.82) is 0 Å². The maximum atomic E-state index is 11.3. The van der Waals surface area contributed by atoms with Crippen LogP contribution < -0.4 is 0 Å². The minimum absolute atomic E-state index is 0.0515. The number of ketones is 1. The zero-order valence-corrected chi connectivity index (χ0v) is 9.91. The van der Waals surface area contributed by atoms with Crippen molar-refractivity contribution in [1.82, 2.24) is 0 Å². The molecule has 0 saturated heterocycles. The van der Waals surface area contributed by atoms with Gasteiger partial charge in [0.25, 0.3) is 0 Å². The number of hydrogen-bond donors (Lipinski definition) is 0. The maximum Gasteiger partial charge on any atom is 0.160 e. The Bertz CT molecular complexity index is 161. The zero-order valence-electron chi connectivity index (χ0n) is 6.73. The normalized spacial score (nSPS) is 37.3. The first-order valence-electron chi connectivity index (χ1n) is 3.74. The van der Waals surface area contributed by atoms with Crippen LogP contribution in [0.4, 0.5) is 0 Å². The van der Waals surface area contributed by atoms with E-state index in [0.29, 0.717) is 5.78 Å². The first-order valence-corrected chi connectivity index (χ1v) is 5.57. The largest absolute Gasteiger partial charge is 0.297 e. The Hall–Kier alpha value is 0.630. The van der Waals surface area contributed by atoms with Crippen molar-refractivity contribution in [2.75, 3.05) is 0 Å². The third-order valence-corrected chi connectivity index (χ3v) is 3.63. The van der Waals surface area contributed by atoms with E-state index >= 15 is 0 Å². The fourth-order valence-electron chi connectivity index (χ4n) is 1.45. The fourth-order valence-corrected chi connectivity index (χ4v) is 4.20. The van der Waals surface area contributed by atoms with E-state index in [9.17, 15) is 4.79 Å². The van der Waals surface area contributed by atoms with Gasteiger partial charge in [0.2, 0.25) is 0 Å². The SMILES string of the molecule is CC1(C)C[C@@H](Br)C(=O)[C@@H](Br)C1. The van der Waals surface area contributed by atoms with Crippen molar-refractivity contribution in [3.05, 3.63) is 0 Å². The van der Waals surface area contributed by atoms with E-state index < -0.39 is 0 Å². The second kappa shape index (κ2) is 3.17. The van der Waals surface area contributed by atoms with Crippen LogP contribution in [-0.2, 0) is 4.79 Å². The third kappa shape index (κ3) is 2.28. The van der Waals surface area contributed by atoms with Gasteiger partial charge in [-0.3, -0.25) is 4.79 Å². The van der Waals surface area contributed by atoms with Gasteiger partial charge in [-0.25, -0.2) is 0 Å². The van der Waals surface area contributed by atoms with Gasteiger partial charge in [0.1, 0.15) is 0 Å². The van der Waals surface area contributed by atoms with E-state index in [4.69, 9.17) is 0 Å². The van der Waals surface area contributed by atoms with Crippen molar-refractivity contribution in [2.24, 2.45) is 5.41 Å². The van der Waals surface area contributed by atoms with E-state index in [-0.39, 0.29) is 15.1 Å². The van der Waals surface area contributed by atoms with E-state index in [2.05, 4.69) is 45.7 Å². The molecule has 1 saturated carbocycles. The van der Waals surface area contributed by atoms with Crippen molar-refractivity contribution in [3.8, 4) is 0 Å². The number of alkyl halides is 2. The molecule has 0 aromatic carbocycles. The maximum absolute atomic E-state index is 11.3. The molecule has 1 fully saturated rings. The molecule has 2 atom stereocenters. The third-order valence-electron chi connectivity index (χ3n) is 2.08. The summed E-state index contributed by atoms with van der Waals surface area (Å²) in [5.41, 5.74) is 0.288. The Labute approximate surface area is 84.2 Å². The second-order valence-electron chi connectivity index (χ2n) is 3.91. The minimum atomic E-state index is 0.0515. The summed E-state index contributed by atoms with van der Waals surface area (Å²) in [7, 11) is 0. The lowest BCUT2D eigenvalue weighted by Gasteiger charge is -2.34. The molecule has 0 radical (unpaired) electrons. The summed E-state index contributed by atoms with van der Waals surface area (Å²) in [4.78, 5) is 11.4. The fraction of sp³-hybridized carbons (Fsp3) is 0.875. The van der Waals surface area contributed by atoms with Crippen molar-refractivity contribution in [3.63, 3.8) is 0 Å². The van der Waals surface area contributed by atoms with E-state index in [1.807, 2.05) is 0 Å². The molecule has 3 heteroatoms. The number of hydrogen-bond acceptors (Lipinski definition) is 1. The quantitative estimate of drug-likeness (QED) is 0.625. The summed E-state index contributed by atoms with van der Waals surface area (Å²) >= 11 is 6.78. The van der Waals surface area contributed by atoms with Crippen LogP contribution in [0.1, 0.15) is 26.7 Å². The Balaban J connectivity index is 2.70. The van der Waals surface area contributed by atoms with Gasteiger partial charge in [0.15, 0.2) is 5.78 Å². The van der Waals surface area contributed by atoms with Crippen LogP contribution in [0.2, 0.25) is 0 Å². The molecule has 0 heterocycles. The number of rotatable bonds is 0. The smallest absolute Gasteiger partial charge is 0.160 e. The van der Waals surface area contributed by atoms with Gasteiger partial charge in [0, 0.05) is 0 Å². The predicted molar refractivity (Wildman–Crippen MR) is 53.5 cm³/mol. The average molecular weight is 284 g/mol. The molecule has 0 N–H and O–H groups in total. The zero-order chi connectivity index (χ0) is 8.65. The summed E-state index contributed by atoms with van der Waals surface area (Å²) in [5, 5.41) is 0. The highest BCUT2D eigenvalue weighted by atomic mass is 79.9. The van der Waals surface area contributed by atoms with Gasteiger partial charge in [-0.05, 0) is 18.3 Å². The topological polar surface area (TPSA) is 17.1 Å². The Morgan fingerprint density at radius 3 is 2.00 bits per heavy atom. The minimum Gasteiger partial charge on any atom is -0.297 e. The molecule has 1 aliphatic rings. The molecule has 1 rings (SSSR count). The molecule has 0 aliphatic heterocycles. The highest BCUT2D eigenvalue weighted by Gasteiger charge is 2.37. The first-order chi connectivity index (χ1) is 4.92. The number of Topliss-reactive ketones (excluding diaryl/α,β-unsaturated/α-hetero) is 1. The molecule has 0 aromatic rings. The van der Waals surface area contributed by atoms with Gasteiger partial charge >= 0.3 is 0 Å². The molecule has 0 bridgehead atoms. The molecule has 1 nitrogen and oxygen atoms in total. The Kier molecular flexibility index (Phi) is 2.80. The predicted octanol–water partition coefficient (Wildman–Crippen LogP) is 2.90. The summed E-state index contributed by atoms with van der Waals surface area (Å²) in [6, 6.07) is 0. The number of halogens is 2. The van der Waals surface area contributed by atoms with Gasteiger partial charge in [-0.1, -0.05) is 45.7 Å². The van der Waals surface area contributed by atoms with Crippen molar-refractivity contribution >= 4 is 37.6 Å². The van der Waals surface area contributed by atoms with Crippen LogP contribution in [0.25, 0.3) is 0 Å². The van der Waals surface area contributed by atoms with E-state index in [1.54, 1.807) is 0 Å². The number of carbonyl (C=O) groups is 1. The van der Waals surface area contributed by atoms with Gasteiger partial charge in [0.05, 0.1) is 9.65 Å². The molecular weight excluding hydrogens is 272 g/mol. The lowest BCUT2D eigenvalue weighted by molar-refractivity contribution is -0.120.